The van der Waals surface area contributed by atoms with Gasteiger partial charge in [-0.25, -0.2) is 8.42 Å². The van der Waals surface area contributed by atoms with Crippen LogP contribution in [0.4, 0.5) is 0 Å². The second-order valence-corrected chi connectivity index (χ2v) is 10.5. The van der Waals surface area contributed by atoms with E-state index in [1.165, 1.54) is 34.9 Å². The molecular formula is C11H14N3O5S4-. The molecule has 128 valence electrons. The van der Waals surface area contributed by atoms with Crippen LogP contribution in [0.1, 0.15) is 12.8 Å². The Morgan fingerprint density at radius 2 is 2.00 bits per heavy atom. The van der Waals surface area contributed by atoms with Crippen LogP contribution in [0.25, 0.3) is 0 Å². The molecule has 0 saturated carbocycles. The first-order valence-corrected chi connectivity index (χ1v) is 11.2. The molecule has 1 aromatic heterocycles. The van der Waals surface area contributed by atoms with Crippen LogP contribution in [0, 0.1) is 0 Å². The smallest absolute Gasteiger partial charge is 0.230 e. The number of carboxylic acid groups (broad SMARTS) is 1. The molecule has 2 rings (SSSR count). The molecule has 2 heterocycles. The highest BCUT2D eigenvalue weighted by Gasteiger charge is 2.28. The third-order valence-electron chi connectivity index (χ3n) is 2.84. The van der Waals surface area contributed by atoms with Crippen LogP contribution in [-0.2, 0) is 19.4 Å². The number of nitrogens with one attached hydrogen (secondary N) is 1. The molecule has 1 fully saturated rings. The summed E-state index contributed by atoms with van der Waals surface area (Å²) in [5, 5.41) is 20.8. The molecule has 0 spiro atoms. The molecule has 0 bridgehead atoms. The SMILES string of the molecule is O=C([O-])CCSc1nnc(SCC(=O)N[C@@H]2CCS(=O)(=O)C2)s1. The van der Waals surface area contributed by atoms with Crippen molar-refractivity contribution in [2.45, 2.75) is 27.6 Å². The molecule has 1 atom stereocenters. The van der Waals surface area contributed by atoms with Crippen molar-refractivity contribution in [2.24, 2.45) is 0 Å². The highest BCUT2D eigenvalue weighted by atomic mass is 32.2. The van der Waals surface area contributed by atoms with E-state index >= 15 is 0 Å². The quantitative estimate of drug-likeness (QED) is 0.559. The normalized spacial score (nSPS) is 19.6. The van der Waals surface area contributed by atoms with Crippen molar-refractivity contribution in [1.82, 2.24) is 15.5 Å². The molecule has 1 N–H and O–H groups in total. The minimum atomic E-state index is -3.01. The van der Waals surface area contributed by atoms with E-state index in [9.17, 15) is 23.1 Å². The van der Waals surface area contributed by atoms with Gasteiger partial charge in [0.1, 0.15) is 0 Å². The molecule has 0 aromatic carbocycles. The number of thioether (sulfide) groups is 2. The van der Waals surface area contributed by atoms with Crippen LogP contribution in [0.3, 0.4) is 0 Å². The standard InChI is InChI=1S/C11H15N3O5S4/c15-8(12-7-2-4-23(18,19)6-7)5-21-11-14-13-10(22-11)20-3-1-9(16)17/h7H,1-6H2,(H,12,15)(H,16,17)/p-1/t7-/m1/s1. The number of aliphatic carboxylic acids is 1. The Morgan fingerprint density at radius 1 is 1.30 bits per heavy atom. The first kappa shape index (κ1) is 18.5. The minimum Gasteiger partial charge on any atom is -0.550 e. The average Bonchev–Trinajstić information content (AvgIpc) is 3.03. The zero-order valence-corrected chi connectivity index (χ0v) is 15.2. The molecule has 1 aromatic rings. The predicted octanol–water partition coefficient (Wildman–Crippen LogP) is -0.834. The third kappa shape index (κ3) is 6.65. The van der Waals surface area contributed by atoms with Crippen molar-refractivity contribution in [3.05, 3.63) is 0 Å². The van der Waals surface area contributed by atoms with Gasteiger partial charge in [-0.05, 0) is 12.8 Å². The summed E-state index contributed by atoms with van der Waals surface area (Å²) in [6, 6.07) is -0.307. The zero-order chi connectivity index (χ0) is 16.9. The summed E-state index contributed by atoms with van der Waals surface area (Å²) in [5.74, 6) is -0.733. The van der Waals surface area contributed by atoms with Gasteiger partial charge in [-0.3, -0.25) is 4.79 Å². The molecule has 1 aliphatic heterocycles. The Hall–Kier alpha value is -0.850. The first-order chi connectivity index (χ1) is 10.8. The maximum atomic E-state index is 11.8. The van der Waals surface area contributed by atoms with E-state index in [0.29, 0.717) is 20.9 Å². The molecule has 1 amide bonds. The molecule has 0 aliphatic carbocycles. The average molecular weight is 397 g/mol. The van der Waals surface area contributed by atoms with E-state index in [1.54, 1.807) is 0 Å². The summed E-state index contributed by atoms with van der Waals surface area (Å²) in [5.41, 5.74) is 0. The topological polar surface area (TPSA) is 129 Å². The fourth-order valence-corrected chi connectivity index (χ4v) is 6.34. The lowest BCUT2D eigenvalue weighted by Crippen LogP contribution is -2.36. The van der Waals surface area contributed by atoms with Crippen molar-refractivity contribution in [1.29, 1.82) is 0 Å². The number of rotatable bonds is 8. The number of carboxylic acids is 1. The van der Waals surface area contributed by atoms with Gasteiger partial charge in [0.25, 0.3) is 0 Å². The fourth-order valence-electron chi connectivity index (χ4n) is 1.84. The van der Waals surface area contributed by atoms with Gasteiger partial charge < -0.3 is 15.2 Å². The van der Waals surface area contributed by atoms with Gasteiger partial charge in [0.15, 0.2) is 18.5 Å². The van der Waals surface area contributed by atoms with Crippen LogP contribution in [0.5, 0.6) is 0 Å². The summed E-state index contributed by atoms with van der Waals surface area (Å²) in [4.78, 5) is 22.1. The predicted molar refractivity (Wildman–Crippen MR) is 86.2 cm³/mol. The number of hydrogen-bond acceptors (Lipinski definition) is 10. The summed E-state index contributed by atoms with van der Waals surface area (Å²) in [7, 11) is -3.01. The summed E-state index contributed by atoms with van der Waals surface area (Å²) in [6.07, 6.45) is 0.399. The molecule has 1 saturated heterocycles. The first-order valence-electron chi connectivity index (χ1n) is 6.63. The number of carbonyl (C=O) groups excluding carboxylic acids is 2. The lowest BCUT2D eigenvalue weighted by atomic mass is 10.3. The Labute approximate surface area is 145 Å². The third-order valence-corrected chi connectivity index (χ3v) is 7.80. The number of aromatic nitrogens is 2. The molecule has 0 radical (unpaired) electrons. The molecule has 12 heteroatoms. The highest BCUT2D eigenvalue weighted by Crippen LogP contribution is 2.28. The van der Waals surface area contributed by atoms with Crippen molar-refractivity contribution in [3.63, 3.8) is 0 Å². The van der Waals surface area contributed by atoms with E-state index in [1.807, 2.05) is 0 Å². The van der Waals surface area contributed by atoms with E-state index < -0.39 is 15.8 Å². The lowest BCUT2D eigenvalue weighted by Gasteiger charge is -2.09. The van der Waals surface area contributed by atoms with Crippen molar-refractivity contribution in [2.75, 3.05) is 23.0 Å². The van der Waals surface area contributed by atoms with Crippen LogP contribution in [-0.4, -0.2) is 59.5 Å². The van der Waals surface area contributed by atoms with Gasteiger partial charge in [-0.1, -0.05) is 34.9 Å². The number of amides is 1. The minimum absolute atomic E-state index is 0.00143. The highest BCUT2D eigenvalue weighted by molar-refractivity contribution is 8.03. The maximum Gasteiger partial charge on any atom is 0.230 e. The lowest BCUT2D eigenvalue weighted by molar-refractivity contribution is -0.305. The van der Waals surface area contributed by atoms with E-state index in [0.717, 1.165) is 0 Å². The molecular weight excluding hydrogens is 382 g/mol. The van der Waals surface area contributed by atoms with Gasteiger partial charge in [0.2, 0.25) is 5.91 Å². The second kappa shape index (κ2) is 8.31. The second-order valence-electron chi connectivity index (χ2n) is 4.76. The van der Waals surface area contributed by atoms with Crippen LogP contribution >= 0.6 is 34.9 Å². The number of carbonyl (C=O) groups is 2. The van der Waals surface area contributed by atoms with Crippen molar-refractivity contribution >= 4 is 56.6 Å². The van der Waals surface area contributed by atoms with E-state index in [-0.39, 0.29) is 35.6 Å². The molecule has 0 unspecified atom stereocenters. The van der Waals surface area contributed by atoms with Crippen LogP contribution in [0.2, 0.25) is 0 Å². The monoisotopic (exact) mass is 396 g/mol. The van der Waals surface area contributed by atoms with Gasteiger partial charge in [-0.2, -0.15) is 0 Å². The van der Waals surface area contributed by atoms with Gasteiger partial charge in [0.05, 0.1) is 17.3 Å². The largest absolute Gasteiger partial charge is 0.550 e. The van der Waals surface area contributed by atoms with Gasteiger partial charge in [0, 0.05) is 17.8 Å². The Morgan fingerprint density at radius 3 is 2.61 bits per heavy atom. The Balaban J connectivity index is 1.70. The van der Waals surface area contributed by atoms with E-state index in [4.69, 9.17) is 0 Å². The molecule has 1 aliphatic rings. The summed E-state index contributed by atoms with van der Waals surface area (Å²) >= 11 is 3.77. The maximum absolute atomic E-state index is 11.8. The van der Waals surface area contributed by atoms with Crippen molar-refractivity contribution in [3.8, 4) is 0 Å². The van der Waals surface area contributed by atoms with Gasteiger partial charge >= 0.3 is 0 Å². The van der Waals surface area contributed by atoms with Gasteiger partial charge in [-0.15, -0.1) is 10.2 Å². The van der Waals surface area contributed by atoms with Crippen LogP contribution < -0.4 is 10.4 Å². The Bertz CT molecular complexity index is 675. The zero-order valence-electron chi connectivity index (χ0n) is 11.9. The Kier molecular flexibility index (Phi) is 6.68. The van der Waals surface area contributed by atoms with Crippen LogP contribution in [0.15, 0.2) is 8.68 Å². The number of sulfone groups is 1. The fraction of sp³-hybridized carbons (Fsp3) is 0.636. The summed E-state index contributed by atoms with van der Waals surface area (Å²) < 4.78 is 23.9. The molecule has 23 heavy (non-hydrogen) atoms. The molecule has 8 nitrogen and oxygen atoms in total. The van der Waals surface area contributed by atoms with E-state index in [2.05, 4.69) is 15.5 Å². The number of hydrogen-bond donors (Lipinski definition) is 1. The number of nitrogens with zero attached hydrogens (tertiary/aromatic N) is 2. The summed E-state index contributed by atoms with van der Waals surface area (Å²) in [6.45, 7) is 0. The van der Waals surface area contributed by atoms with Crippen molar-refractivity contribution < 1.29 is 23.1 Å².